The first kappa shape index (κ1) is 11.4. The number of carbonyl (C=O) groups excluding carboxylic acids is 1. The van der Waals surface area contributed by atoms with E-state index in [4.69, 9.17) is 0 Å². The van der Waals surface area contributed by atoms with Crippen LogP contribution in [-0.2, 0) is 0 Å². The van der Waals surface area contributed by atoms with Crippen LogP contribution in [0.5, 0.6) is 0 Å². The molecule has 0 saturated heterocycles. The summed E-state index contributed by atoms with van der Waals surface area (Å²) in [5, 5.41) is 5.60. The average Bonchev–Trinajstić information content (AvgIpc) is 3.19. The third-order valence-corrected chi connectivity index (χ3v) is 3.45. The first-order chi connectivity index (χ1) is 8.72. The van der Waals surface area contributed by atoms with E-state index < -0.39 is 0 Å². The predicted molar refractivity (Wildman–Crippen MR) is 74.0 cm³/mol. The molecule has 2 heteroatoms. The maximum atomic E-state index is 12.0. The zero-order valence-corrected chi connectivity index (χ0v) is 10.6. The normalized spacial score (nSPS) is 14.9. The van der Waals surface area contributed by atoms with Gasteiger partial charge in [-0.25, -0.2) is 0 Å². The summed E-state index contributed by atoms with van der Waals surface area (Å²) in [6.07, 6.45) is 2.43. The Morgan fingerprint density at radius 1 is 1.17 bits per heavy atom. The molecule has 0 aromatic heterocycles. The van der Waals surface area contributed by atoms with E-state index in [0.717, 1.165) is 10.9 Å². The van der Waals surface area contributed by atoms with Crippen LogP contribution in [0.1, 0.15) is 28.8 Å². The molecular formula is C16H17NO. The van der Waals surface area contributed by atoms with Crippen molar-refractivity contribution in [2.75, 3.05) is 6.54 Å². The zero-order valence-electron chi connectivity index (χ0n) is 10.6. The van der Waals surface area contributed by atoms with Gasteiger partial charge in [-0.1, -0.05) is 35.9 Å². The molecule has 92 valence electrons. The Morgan fingerprint density at radius 2 is 1.89 bits per heavy atom. The van der Waals surface area contributed by atoms with E-state index in [0.29, 0.717) is 12.6 Å². The van der Waals surface area contributed by atoms with Crippen molar-refractivity contribution >= 4 is 16.6 Å². The topological polar surface area (TPSA) is 29.1 Å². The van der Waals surface area contributed by atoms with E-state index in [1.807, 2.05) is 18.2 Å². The molecular weight excluding hydrogens is 222 g/mol. The Morgan fingerprint density at radius 3 is 2.67 bits per heavy atom. The maximum absolute atomic E-state index is 12.0. The first-order valence-corrected chi connectivity index (χ1v) is 6.49. The van der Waals surface area contributed by atoms with Gasteiger partial charge in [0.25, 0.3) is 0 Å². The van der Waals surface area contributed by atoms with E-state index in [1.165, 1.54) is 23.8 Å². The van der Waals surface area contributed by atoms with Crippen LogP contribution in [0.3, 0.4) is 0 Å². The molecule has 2 nitrogen and oxygen atoms in total. The highest BCUT2D eigenvalue weighted by Gasteiger charge is 2.21. The Labute approximate surface area is 107 Å². The van der Waals surface area contributed by atoms with Gasteiger partial charge in [0, 0.05) is 11.6 Å². The number of hydrogen-bond acceptors (Lipinski definition) is 2. The minimum atomic E-state index is 0.185. The minimum absolute atomic E-state index is 0.185. The molecule has 0 aliphatic heterocycles. The number of nitrogens with one attached hydrogen (secondary N) is 1. The lowest BCUT2D eigenvalue weighted by Crippen LogP contribution is -2.24. The van der Waals surface area contributed by atoms with Crippen molar-refractivity contribution < 1.29 is 4.79 Å². The number of aryl methyl sites for hydroxylation is 1. The number of carbonyl (C=O) groups is 1. The van der Waals surface area contributed by atoms with Crippen LogP contribution in [0.4, 0.5) is 0 Å². The quantitative estimate of drug-likeness (QED) is 0.831. The first-order valence-electron chi connectivity index (χ1n) is 6.49. The molecule has 18 heavy (non-hydrogen) atoms. The lowest BCUT2D eigenvalue weighted by molar-refractivity contribution is 0.0990. The number of hydrogen-bond donors (Lipinski definition) is 1. The van der Waals surface area contributed by atoms with Crippen LogP contribution in [0.2, 0.25) is 0 Å². The van der Waals surface area contributed by atoms with Crippen LogP contribution in [0, 0.1) is 6.92 Å². The summed E-state index contributed by atoms with van der Waals surface area (Å²) in [5.74, 6) is 0.185. The van der Waals surface area contributed by atoms with E-state index in [1.54, 1.807) is 0 Å². The summed E-state index contributed by atoms with van der Waals surface area (Å²) in [6, 6.07) is 12.8. The molecule has 1 N–H and O–H groups in total. The van der Waals surface area contributed by atoms with Crippen molar-refractivity contribution in [3.63, 3.8) is 0 Å². The maximum Gasteiger partial charge on any atom is 0.176 e. The molecule has 3 rings (SSSR count). The van der Waals surface area contributed by atoms with Gasteiger partial charge in [-0.15, -0.1) is 0 Å². The number of benzene rings is 2. The van der Waals surface area contributed by atoms with E-state index >= 15 is 0 Å². The van der Waals surface area contributed by atoms with Crippen molar-refractivity contribution in [2.45, 2.75) is 25.8 Å². The molecule has 0 atom stereocenters. The molecule has 0 bridgehead atoms. The van der Waals surface area contributed by atoms with Crippen molar-refractivity contribution in [3.05, 3.63) is 47.5 Å². The summed E-state index contributed by atoms with van der Waals surface area (Å²) in [6.45, 7) is 2.54. The summed E-state index contributed by atoms with van der Waals surface area (Å²) < 4.78 is 0. The van der Waals surface area contributed by atoms with Crippen LogP contribution in [0.25, 0.3) is 10.8 Å². The van der Waals surface area contributed by atoms with Gasteiger partial charge in [-0.2, -0.15) is 0 Å². The fraction of sp³-hybridized carbons (Fsp3) is 0.312. The second-order valence-corrected chi connectivity index (χ2v) is 5.14. The van der Waals surface area contributed by atoms with Gasteiger partial charge in [0.2, 0.25) is 0 Å². The van der Waals surface area contributed by atoms with Crippen molar-refractivity contribution in [2.24, 2.45) is 0 Å². The third kappa shape index (κ3) is 2.44. The van der Waals surface area contributed by atoms with Crippen LogP contribution < -0.4 is 5.32 Å². The second-order valence-electron chi connectivity index (χ2n) is 5.14. The average molecular weight is 239 g/mol. The summed E-state index contributed by atoms with van der Waals surface area (Å²) >= 11 is 0. The van der Waals surface area contributed by atoms with Crippen LogP contribution >= 0.6 is 0 Å². The van der Waals surface area contributed by atoms with Gasteiger partial charge in [0.15, 0.2) is 5.78 Å². The van der Waals surface area contributed by atoms with Gasteiger partial charge in [0.05, 0.1) is 6.54 Å². The van der Waals surface area contributed by atoms with Gasteiger partial charge < -0.3 is 5.32 Å². The van der Waals surface area contributed by atoms with E-state index in [-0.39, 0.29) is 5.78 Å². The van der Waals surface area contributed by atoms with Gasteiger partial charge >= 0.3 is 0 Å². The largest absolute Gasteiger partial charge is 0.307 e. The summed E-state index contributed by atoms with van der Waals surface area (Å²) in [5.41, 5.74) is 2.05. The standard InChI is InChI=1S/C16H17NO/c1-11-2-3-13-9-14(5-4-12(13)8-11)16(18)10-17-15-6-7-15/h2-5,8-9,15,17H,6-7,10H2,1H3. The summed E-state index contributed by atoms with van der Waals surface area (Å²) in [7, 11) is 0. The van der Waals surface area contributed by atoms with Gasteiger partial charge in [-0.3, -0.25) is 4.79 Å². The molecule has 1 fully saturated rings. The third-order valence-electron chi connectivity index (χ3n) is 3.45. The SMILES string of the molecule is Cc1ccc2cc(C(=O)CNC3CC3)ccc2c1. The Bertz CT molecular complexity index is 599. The van der Waals surface area contributed by atoms with Gasteiger partial charge in [0.1, 0.15) is 0 Å². The van der Waals surface area contributed by atoms with E-state index in [9.17, 15) is 4.79 Å². The lowest BCUT2D eigenvalue weighted by Gasteiger charge is -2.05. The Kier molecular flexibility index (Phi) is 2.88. The Hall–Kier alpha value is -1.67. The monoisotopic (exact) mass is 239 g/mol. The minimum Gasteiger partial charge on any atom is -0.307 e. The molecule has 0 spiro atoms. The summed E-state index contributed by atoms with van der Waals surface area (Å²) in [4.78, 5) is 12.0. The molecule has 1 aliphatic rings. The zero-order chi connectivity index (χ0) is 12.5. The Balaban J connectivity index is 1.82. The fourth-order valence-electron chi connectivity index (χ4n) is 2.17. The molecule has 2 aromatic carbocycles. The molecule has 2 aromatic rings. The molecule has 0 heterocycles. The predicted octanol–water partition coefficient (Wildman–Crippen LogP) is 3.08. The van der Waals surface area contributed by atoms with Crippen LogP contribution in [-0.4, -0.2) is 18.4 Å². The molecule has 0 amide bonds. The lowest BCUT2D eigenvalue weighted by atomic mass is 10.0. The van der Waals surface area contributed by atoms with E-state index in [2.05, 4.69) is 30.4 Å². The molecule has 0 radical (unpaired) electrons. The molecule has 1 saturated carbocycles. The highest BCUT2D eigenvalue weighted by molar-refractivity contribution is 6.01. The van der Waals surface area contributed by atoms with Crippen LogP contribution in [0.15, 0.2) is 36.4 Å². The van der Waals surface area contributed by atoms with Gasteiger partial charge in [-0.05, 0) is 36.6 Å². The fourth-order valence-corrected chi connectivity index (χ4v) is 2.17. The highest BCUT2D eigenvalue weighted by atomic mass is 16.1. The number of rotatable bonds is 4. The second kappa shape index (κ2) is 4.54. The molecule has 0 unspecified atom stereocenters. The highest BCUT2D eigenvalue weighted by Crippen LogP contribution is 2.20. The number of ketones is 1. The van der Waals surface area contributed by atoms with Crippen molar-refractivity contribution in [1.82, 2.24) is 5.32 Å². The number of fused-ring (bicyclic) bond motifs is 1. The van der Waals surface area contributed by atoms with Crippen molar-refractivity contribution in [3.8, 4) is 0 Å². The molecule has 1 aliphatic carbocycles. The number of Topliss-reactive ketones (excluding diaryl/α,β-unsaturated/α-hetero) is 1. The smallest absolute Gasteiger partial charge is 0.176 e. The van der Waals surface area contributed by atoms with Crippen molar-refractivity contribution in [1.29, 1.82) is 0 Å².